The van der Waals surface area contributed by atoms with Gasteiger partial charge < -0.3 is 0 Å². The van der Waals surface area contributed by atoms with Crippen LogP contribution in [0.15, 0.2) is 42.5 Å². The molecule has 0 aliphatic heterocycles. The summed E-state index contributed by atoms with van der Waals surface area (Å²) in [4.78, 5) is 3.29. The van der Waals surface area contributed by atoms with Crippen molar-refractivity contribution < 1.29 is 22.0 Å². The summed E-state index contributed by atoms with van der Waals surface area (Å²) in [6, 6.07) is 10.9. The van der Waals surface area contributed by atoms with Gasteiger partial charge in [0.1, 0.15) is 17.5 Å². The summed E-state index contributed by atoms with van der Waals surface area (Å²) < 4.78 is 69.4. The highest BCUT2D eigenvalue weighted by molar-refractivity contribution is 7.05. The first-order valence-corrected chi connectivity index (χ1v) is 7.55. The van der Waals surface area contributed by atoms with E-state index in [2.05, 4.69) is 9.36 Å². The molecule has 3 rings (SSSR count). The highest BCUT2D eigenvalue weighted by atomic mass is 32.1. The van der Waals surface area contributed by atoms with E-state index in [4.69, 9.17) is 0 Å². The molecule has 1 heterocycles. The lowest BCUT2D eigenvalue weighted by Gasteiger charge is -2.07. The number of hydrogen-bond donors (Lipinski definition) is 0. The first-order valence-electron chi connectivity index (χ1n) is 6.77. The Kier molecular flexibility index (Phi) is 4.31. The van der Waals surface area contributed by atoms with Gasteiger partial charge in [-0.1, -0.05) is 30.3 Å². The van der Waals surface area contributed by atoms with Crippen molar-refractivity contribution in [3.8, 4) is 11.1 Å². The average molecular weight is 356 g/mol. The highest BCUT2D eigenvalue weighted by Crippen LogP contribution is 2.31. The van der Waals surface area contributed by atoms with Crippen LogP contribution < -0.4 is 0 Å². The Labute approximate surface area is 137 Å². The smallest absolute Gasteiger partial charge is 0.215 e. The fourth-order valence-corrected chi connectivity index (χ4v) is 2.72. The fraction of sp³-hybridized carbons (Fsp3) is 0.125. The number of alkyl halides is 3. The molecule has 0 spiro atoms. The van der Waals surface area contributed by atoms with Crippen LogP contribution >= 0.6 is 11.5 Å². The van der Waals surface area contributed by atoms with Gasteiger partial charge in [0.05, 0.1) is 0 Å². The summed E-state index contributed by atoms with van der Waals surface area (Å²) in [7, 11) is 0. The maximum atomic E-state index is 14.2. The SMILES string of the molecule is Fc1cc(-c2ccccc2)cc(F)c1Cc1nsc(C(F)(F)F)n1. The van der Waals surface area contributed by atoms with Crippen molar-refractivity contribution >= 4 is 11.5 Å². The lowest BCUT2D eigenvalue weighted by molar-refractivity contribution is -0.137. The third-order valence-electron chi connectivity index (χ3n) is 3.29. The Bertz CT molecular complexity index is 835. The number of aromatic nitrogens is 2. The van der Waals surface area contributed by atoms with E-state index in [1.54, 1.807) is 30.3 Å². The van der Waals surface area contributed by atoms with Gasteiger partial charge in [-0.15, -0.1) is 0 Å². The molecule has 0 aliphatic rings. The van der Waals surface area contributed by atoms with Gasteiger partial charge in [0.15, 0.2) is 0 Å². The van der Waals surface area contributed by atoms with Gasteiger partial charge in [0.25, 0.3) is 0 Å². The van der Waals surface area contributed by atoms with Crippen LogP contribution in [0.3, 0.4) is 0 Å². The van der Waals surface area contributed by atoms with Gasteiger partial charge in [-0.3, -0.25) is 0 Å². The molecule has 0 atom stereocenters. The second kappa shape index (κ2) is 6.27. The van der Waals surface area contributed by atoms with Crippen molar-refractivity contribution in [2.45, 2.75) is 12.6 Å². The van der Waals surface area contributed by atoms with Crippen LogP contribution in [0.2, 0.25) is 0 Å². The minimum Gasteiger partial charge on any atom is -0.215 e. The Morgan fingerprint density at radius 2 is 1.54 bits per heavy atom. The van der Waals surface area contributed by atoms with Crippen LogP contribution in [0.25, 0.3) is 11.1 Å². The Morgan fingerprint density at radius 3 is 2.08 bits per heavy atom. The van der Waals surface area contributed by atoms with Crippen LogP contribution in [0.5, 0.6) is 0 Å². The zero-order valence-corrected chi connectivity index (χ0v) is 12.8. The van der Waals surface area contributed by atoms with E-state index in [0.29, 0.717) is 11.1 Å². The molecule has 2 nitrogen and oxygen atoms in total. The second-order valence-electron chi connectivity index (χ2n) is 4.97. The number of nitrogens with zero attached hydrogens (tertiary/aromatic N) is 2. The standard InChI is InChI=1S/C16H9F5N2S/c17-12-6-10(9-4-2-1-3-5-9)7-13(18)11(12)8-14-22-15(24-23-14)16(19,20)21/h1-7H,8H2. The van der Waals surface area contributed by atoms with Gasteiger partial charge in [0.2, 0.25) is 5.01 Å². The van der Waals surface area contributed by atoms with Crippen molar-refractivity contribution in [2.75, 3.05) is 0 Å². The van der Waals surface area contributed by atoms with Crippen molar-refractivity contribution in [2.24, 2.45) is 0 Å². The van der Waals surface area contributed by atoms with Gasteiger partial charge >= 0.3 is 6.18 Å². The monoisotopic (exact) mass is 356 g/mol. The predicted molar refractivity (Wildman–Crippen MR) is 79.5 cm³/mol. The van der Waals surface area contributed by atoms with Crippen LogP contribution in [0.1, 0.15) is 16.4 Å². The minimum absolute atomic E-state index is 0.156. The summed E-state index contributed by atoms with van der Waals surface area (Å²) in [6.45, 7) is 0. The molecular weight excluding hydrogens is 347 g/mol. The molecule has 0 N–H and O–H groups in total. The molecular formula is C16H9F5N2S. The summed E-state index contributed by atoms with van der Waals surface area (Å²) in [6.07, 6.45) is -5.07. The quantitative estimate of drug-likeness (QED) is 0.611. The molecule has 0 bridgehead atoms. The van der Waals surface area contributed by atoms with Crippen LogP contribution in [0, 0.1) is 11.6 Å². The number of benzene rings is 2. The van der Waals surface area contributed by atoms with E-state index in [1.165, 1.54) is 0 Å². The molecule has 124 valence electrons. The summed E-state index contributed by atoms with van der Waals surface area (Å²) >= 11 is 0.156. The lowest BCUT2D eigenvalue weighted by Crippen LogP contribution is -2.05. The molecule has 0 radical (unpaired) electrons. The van der Waals surface area contributed by atoms with E-state index >= 15 is 0 Å². The average Bonchev–Trinajstić information content (AvgIpc) is 3.00. The largest absolute Gasteiger partial charge is 0.444 e. The van der Waals surface area contributed by atoms with Crippen molar-refractivity contribution in [1.29, 1.82) is 0 Å². The molecule has 0 unspecified atom stereocenters. The number of halogens is 5. The van der Waals surface area contributed by atoms with E-state index in [0.717, 1.165) is 12.1 Å². The zero-order chi connectivity index (χ0) is 17.3. The van der Waals surface area contributed by atoms with Gasteiger partial charge in [0, 0.05) is 12.0 Å². The normalized spacial score (nSPS) is 11.7. The molecule has 0 saturated carbocycles. The Balaban J connectivity index is 1.91. The summed E-state index contributed by atoms with van der Waals surface area (Å²) in [5.41, 5.74) is 0.616. The van der Waals surface area contributed by atoms with Crippen LogP contribution in [0.4, 0.5) is 22.0 Å². The molecule has 0 aliphatic carbocycles. The first-order chi connectivity index (χ1) is 11.3. The van der Waals surface area contributed by atoms with Gasteiger partial charge in [-0.2, -0.15) is 17.5 Å². The van der Waals surface area contributed by atoms with E-state index in [9.17, 15) is 22.0 Å². The van der Waals surface area contributed by atoms with Crippen LogP contribution in [-0.4, -0.2) is 9.36 Å². The third-order valence-corrected chi connectivity index (χ3v) is 4.09. The molecule has 8 heteroatoms. The maximum Gasteiger partial charge on any atom is 0.444 e. The second-order valence-corrected chi connectivity index (χ2v) is 5.73. The fourth-order valence-electron chi connectivity index (χ4n) is 2.17. The summed E-state index contributed by atoms with van der Waals surface area (Å²) in [5, 5.41) is -1.14. The first kappa shape index (κ1) is 16.5. The zero-order valence-electron chi connectivity index (χ0n) is 11.9. The molecule has 1 aromatic heterocycles. The molecule has 0 amide bonds. The van der Waals surface area contributed by atoms with Gasteiger partial charge in [-0.25, -0.2) is 13.8 Å². The number of rotatable bonds is 3. The van der Waals surface area contributed by atoms with E-state index in [-0.39, 0.29) is 22.9 Å². The van der Waals surface area contributed by atoms with E-state index < -0.39 is 29.2 Å². The van der Waals surface area contributed by atoms with Crippen LogP contribution in [-0.2, 0) is 12.6 Å². The third kappa shape index (κ3) is 3.43. The molecule has 24 heavy (non-hydrogen) atoms. The highest BCUT2D eigenvalue weighted by Gasteiger charge is 2.35. The van der Waals surface area contributed by atoms with Crippen molar-refractivity contribution in [3.63, 3.8) is 0 Å². The van der Waals surface area contributed by atoms with Crippen molar-refractivity contribution in [1.82, 2.24) is 9.36 Å². The molecule has 0 saturated heterocycles. The lowest BCUT2D eigenvalue weighted by atomic mass is 10.0. The molecule has 3 aromatic rings. The Hall–Kier alpha value is -2.35. The topological polar surface area (TPSA) is 25.8 Å². The number of hydrogen-bond acceptors (Lipinski definition) is 3. The predicted octanol–water partition coefficient (Wildman–Crippen LogP) is 5.09. The van der Waals surface area contributed by atoms with E-state index in [1.807, 2.05) is 0 Å². The molecule has 0 fully saturated rings. The molecule has 2 aromatic carbocycles. The summed E-state index contributed by atoms with van der Waals surface area (Å²) in [5.74, 6) is -1.97. The maximum absolute atomic E-state index is 14.2. The van der Waals surface area contributed by atoms with Crippen molar-refractivity contribution in [3.05, 3.63) is 70.5 Å². The van der Waals surface area contributed by atoms with Gasteiger partial charge in [-0.05, 0) is 34.8 Å². The minimum atomic E-state index is -4.62. The Morgan fingerprint density at radius 1 is 0.917 bits per heavy atom.